The van der Waals surface area contributed by atoms with Crippen LogP contribution in [0.4, 0.5) is 0 Å². The van der Waals surface area contributed by atoms with Crippen LogP contribution in [0.1, 0.15) is 28.1 Å². The molecule has 2 heterocycles. The van der Waals surface area contributed by atoms with Gasteiger partial charge in [0, 0.05) is 17.5 Å². The van der Waals surface area contributed by atoms with Crippen molar-refractivity contribution in [2.24, 2.45) is 0 Å². The molecule has 0 unspecified atom stereocenters. The largest absolute Gasteiger partial charge is 0.481 e. The number of carboxylic acid groups (broad SMARTS) is 1. The summed E-state index contributed by atoms with van der Waals surface area (Å²) in [7, 11) is 0. The predicted octanol–water partition coefficient (Wildman–Crippen LogP) is 2.37. The minimum atomic E-state index is -0.949. The molecule has 1 N–H and O–H groups in total. The smallest absolute Gasteiger partial charge is 0.305 e. The predicted molar refractivity (Wildman–Crippen MR) is 83.6 cm³/mol. The van der Waals surface area contributed by atoms with Crippen molar-refractivity contribution in [1.29, 1.82) is 0 Å². The van der Waals surface area contributed by atoms with Crippen molar-refractivity contribution in [2.75, 3.05) is 19.8 Å². The van der Waals surface area contributed by atoms with Crippen molar-refractivity contribution in [3.8, 4) is 0 Å². The van der Waals surface area contributed by atoms with Crippen LogP contribution in [0, 0.1) is 13.8 Å². The van der Waals surface area contributed by atoms with Gasteiger partial charge >= 0.3 is 5.97 Å². The fraction of sp³-hybridized carbons (Fsp3) is 0.412. The highest BCUT2D eigenvalue weighted by Crippen LogP contribution is 2.28. The molecule has 1 atom stereocenters. The number of rotatable bonds is 3. The lowest BCUT2D eigenvalue weighted by molar-refractivity contribution is -0.139. The van der Waals surface area contributed by atoms with Gasteiger partial charge in [0.25, 0.3) is 5.91 Å². The molecule has 0 aliphatic carbocycles. The molecule has 1 aromatic heterocycles. The van der Waals surface area contributed by atoms with Crippen LogP contribution in [0.15, 0.2) is 22.6 Å². The van der Waals surface area contributed by atoms with Crippen molar-refractivity contribution in [1.82, 2.24) is 4.90 Å². The molecule has 1 aliphatic heterocycles. The monoisotopic (exact) mass is 317 g/mol. The first-order chi connectivity index (χ1) is 11.0. The van der Waals surface area contributed by atoms with Gasteiger partial charge in [0.1, 0.15) is 5.58 Å². The van der Waals surface area contributed by atoms with Crippen LogP contribution in [-0.2, 0) is 9.53 Å². The molecular weight excluding hydrogens is 298 g/mol. The number of carboxylic acids is 1. The molecule has 122 valence electrons. The second-order valence-electron chi connectivity index (χ2n) is 5.88. The van der Waals surface area contributed by atoms with Crippen LogP contribution >= 0.6 is 0 Å². The van der Waals surface area contributed by atoms with Crippen LogP contribution in [0.25, 0.3) is 11.0 Å². The first kappa shape index (κ1) is 15.6. The number of aliphatic carboxylic acids is 1. The average Bonchev–Trinajstić information content (AvgIpc) is 2.83. The number of morpholine rings is 1. The zero-order chi connectivity index (χ0) is 16.6. The Morgan fingerprint density at radius 2 is 2.13 bits per heavy atom. The average molecular weight is 317 g/mol. The maximum Gasteiger partial charge on any atom is 0.305 e. The van der Waals surface area contributed by atoms with Crippen molar-refractivity contribution in [3.63, 3.8) is 0 Å². The number of amides is 1. The molecule has 1 amide bonds. The summed E-state index contributed by atoms with van der Waals surface area (Å²) in [6, 6.07) is 5.34. The third-order valence-electron chi connectivity index (χ3n) is 4.19. The normalized spacial score (nSPS) is 18.3. The molecule has 1 aliphatic rings. The minimum absolute atomic E-state index is 0.135. The quantitative estimate of drug-likeness (QED) is 0.940. The van der Waals surface area contributed by atoms with Gasteiger partial charge in [0.05, 0.1) is 25.7 Å². The lowest BCUT2D eigenvalue weighted by Crippen LogP contribution is -2.49. The molecule has 0 radical (unpaired) electrons. The Kier molecular flexibility index (Phi) is 4.09. The first-order valence-electron chi connectivity index (χ1n) is 7.57. The second kappa shape index (κ2) is 6.04. The Hall–Kier alpha value is -2.34. The van der Waals surface area contributed by atoms with Gasteiger partial charge in [0.2, 0.25) is 0 Å². The van der Waals surface area contributed by atoms with Gasteiger partial charge in [-0.1, -0.05) is 12.1 Å². The molecule has 6 heteroatoms. The van der Waals surface area contributed by atoms with Crippen LogP contribution in [0.5, 0.6) is 0 Å². The van der Waals surface area contributed by atoms with E-state index in [9.17, 15) is 9.59 Å². The Morgan fingerprint density at radius 1 is 1.35 bits per heavy atom. The Balaban J connectivity index is 1.95. The molecule has 1 aromatic carbocycles. The summed E-state index contributed by atoms with van der Waals surface area (Å²) in [5, 5.41) is 9.92. The van der Waals surface area contributed by atoms with E-state index < -0.39 is 12.0 Å². The molecule has 1 fully saturated rings. The highest BCUT2D eigenvalue weighted by molar-refractivity contribution is 5.99. The second-order valence-corrected chi connectivity index (χ2v) is 5.88. The molecule has 6 nitrogen and oxygen atoms in total. The Labute approximate surface area is 133 Å². The molecule has 2 aromatic rings. The lowest BCUT2D eigenvalue weighted by Gasteiger charge is -2.34. The molecule has 0 saturated carbocycles. The maximum absolute atomic E-state index is 12.9. The van der Waals surface area contributed by atoms with Crippen molar-refractivity contribution in [3.05, 3.63) is 35.1 Å². The zero-order valence-corrected chi connectivity index (χ0v) is 13.2. The minimum Gasteiger partial charge on any atom is -0.481 e. The van der Waals surface area contributed by atoms with E-state index in [-0.39, 0.29) is 24.7 Å². The number of carbonyl (C=O) groups is 2. The lowest BCUT2D eigenvalue weighted by atomic mass is 10.1. The van der Waals surface area contributed by atoms with Gasteiger partial charge < -0.3 is 19.2 Å². The van der Waals surface area contributed by atoms with Gasteiger partial charge in [-0.05, 0) is 25.5 Å². The van der Waals surface area contributed by atoms with E-state index in [2.05, 4.69) is 0 Å². The summed E-state index contributed by atoms with van der Waals surface area (Å²) >= 11 is 0. The summed E-state index contributed by atoms with van der Waals surface area (Å²) in [5.74, 6) is -0.941. The standard InChI is InChI=1S/C17H19NO5/c1-10-3-4-13-11(2)16(23-14(13)7-10)17(21)18-5-6-22-9-12(18)8-15(19)20/h3-4,7,12H,5-6,8-9H2,1-2H3,(H,19,20)/t12-/m1/s1. The first-order valence-corrected chi connectivity index (χ1v) is 7.57. The number of carbonyl (C=O) groups excluding carboxylic acids is 1. The number of furan rings is 1. The van der Waals surface area contributed by atoms with Crippen molar-refractivity contribution in [2.45, 2.75) is 26.3 Å². The van der Waals surface area contributed by atoms with Gasteiger partial charge in [0.15, 0.2) is 5.76 Å². The van der Waals surface area contributed by atoms with Crippen molar-refractivity contribution >= 4 is 22.8 Å². The molecular formula is C17H19NO5. The summed E-state index contributed by atoms with van der Waals surface area (Å²) in [6.07, 6.45) is -0.135. The maximum atomic E-state index is 12.9. The van der Waals surface area contributed by atoms with Crippen LogP contribution in [-0.4, -0.2) is 47.7 Å². The molecule has 1 saturated heterocycles. The fourth-order valence-corrected chi connectivity index (χ4v) is 2.96. The van der Waals surface area contributed by atoms with E-state index in [4.69, 9.17) is 14.3 Å². The highest BCUT2D eigenvalue weighted by atomic mass is 16.5. The van der Waals surface area contributed by atoms with Gasteiger partial charge in [-0.3, -0.25) is 9.59 Å². The van der Waals surface area contributed by atoms with E-state index in [0.717, 1.165) is 16.5 Å². The summed E-state index contributed by atoms with van der Waals surface area (Å²) < 4.78 is 11.1. The molecule has 0 spiro atoms. The van der Waals surface area contributed by atoms with E-state index in [1.54, 1.807) is 4.90 Å². The molecule has 3 rings (SSSR count). The van der Waals surface area contributed by atoms with Gasteiger partial charge in [-0.25, -0.2) is 0 Å². The highest BCUT2D eigenvalue weighted by Gasteiger charge is 2.32. The number of ether oxygens (including phenoxy) is 1. The summed E-state index contributed by atoms with van der Waals surface area (Å²) in [5.41, 5.74) is 2.51. The van der Waals surface area contributed by atoms with E-state index in [1.807, 2.05) is 32.0 Å². The van der Waals surface area contributed by atoms with Crippen molar-refractivity contribution < 1.29 is 23.8 Å². The van der Waals surface area contributed by atoms with Crippen LogP contribution in [0.2, 0.25) is 0 Å². The number of fused-ring (bicyclic) bond motifs is 1. The van der Waals surface area contributed by atoms with E-state index >= 15 is 0 Å². The summed E-state index contributed by atoms with van der Waals surface area (Å²) in [6.45, 7) is 4.81. The van der Waals surface area contributed by atoms with Gasteiger partial charge in [-0.2, -0.15) is 0 Å². The molecule has 0 bridgehead atoms. The van der Waals surface area contributed by atoms with E-state index in [0.29, 0.717) is 18.7 Å². The van der Waals surface area contributed by atoms with Crippen LogP contribution < -0.4 is 0 Å². The summed E-state index contributed by atoms with van der Waals surface area (Å²) in [4.78, 5) is 25.4. The number of nitrogens with zero attached hydrogens (tertiary/aromatic N) is 1. The SMILES string of the molecule is Cc1ccc2c(C)c(C(=O)N3CCOC[C@H]3CC(=O)O)oc2c1. The number of hydrogen-bond acceptors (Lipinski definition) is 4. The third kappa shape index (κ3) is 2.94. The zero-order valence-electron chi connectivity index (χ0n) is 13.2. The Bertz CT molecular complexity index is 764. The Morgan fingerprint density at radius 3 is 2.87 bits per heavy atom. The van der Waals surface area contributed by atoms with E-state index in [1.165, 1.54) is 0 Å². The number of benzene rings is 1. The molecule has 23 heavy (non-hydrogen) atoms. The fourth-order valence-electron chi connectivity index (χ4n) is 2.96. The van der Waals surface area contributed by atoms with Crippen LogP contribution in [0.3, 0.4) is 0 Å². The number of hydrogen-bond donors (Lipinski definition) is 1. The number of aryl methyl sites for hydroxylation is 2. The van der Waals surface area contributed by atoms with Gasteiger partial charge in [-0.15, -0.1) is 0 Å². The third-order valence-corrected chi connectivity index (χ3v) is 4.19. The topological polar surface area (TPSA) is 80.0 Å².